The van der Waals surface area contributed by atoms with Gasteiger partial charge in [0.05, 0.1) is 23.7 Å². The summed E-state index contributed by atoms with van der Waals surface area (Å²) in [6, 6.07) is 11.5. The molecule has 0 radical (unpaired) electrons. The van der Waals surface area contributed by atoms with E-state index in [0.29, 0.717) is 18.0 Å². The number of fused-ring (bicyclic) bond motifs is 1. The third-order valence-electron chi connectivity index (χ3n) is 3.54. The molecule has 0 atom stereocenters. The van der Waals surface area contributed by atoms with Crippen molar-refractivity contribution in [3.63, 3.8) is 0 Å². The highest BCUT2D eigenvalue weighted by molar-refractivity contribution is 6.30. The zero-order valence-electron chi connectivity index (χ0n) is 12.2. The van der Waals surface area contributed by atoms with Crippen molar-refractivity contribution in [2.45, 2.75) is 19.9 Å². The minimum absolute atomic E-state index is 0.00983. The summed E-state index contributed by atoms with van der Waals surface area (Å²) in [5, 5.41) is 3.56. The first-order valence-electron chi connectivity index (χ1n) is 7.06. The number of aromatic nitrogens is 2. The van der Waals surface area contributed by atoms with Gasteiger partial charge in [-0.05, 0) is 30.2 Å². The van der Waals surface area contributed by atoms with Crippen LogP contribution in [0.5, 0.6) is 0 Å². The van der Waals surface area contributed by atoms with Gasteiger partial charge in [0.1, 0.15) is 5.65 Å². The second kappa shape index (κ2) is 6.20. The van der Waals surface area contributed by atoms with Gasteiger partial charge in [-0.1, -0.05) is 35.9 Å². The predicted molar refractivity (Wildman–Crippen MR) is 86.9 cm³/mol. The zero-order valence-corrected chi connectivity index (χ0v) is 13.0. The van der Waals surface area contributed by atoms with Crippen molar-refractivity contribution >= 4 is 23.2 Å². The highest BCUT2D eigenvalue weighted by Crippen LogP contribution is 2.12. The van der Waals surface area contributed by atoms with Crippen molar-refractivity contribution in [1.29, 1.82) is 0 Å². The summed E-state index contributed by atoms with van der Waals surface area (Å²) in [6.45, 7) is 2.42. The van der Waals surface area contributed by atoms with Crippen molar-refractivity contribution in [3.05, 3.63) is 70.6 Å². The molecule has 2 aromatic heterocycles. The molecule has 0 fully saturated rings. The Bertz CT molecular complexity index is 826. The maximum atomic E-state index is 12.0. The van der Waals surface area contributed by atoms with Gasteiger partial charge in [-0.15, -0.1) is 0 Å². The number of pyridine rings is 1. The zero-order chi connectivity index (χ0) is 15.5. The van der Waals surface area contributed by atoms with Gasteiger partial charge in [0.25, 0.3) is 0 Å². The molecule has 0 aliphatic carbocycles. The molecule has 112 valence electrons. The Balaban J connectivity index is 1.63. The van der Waals surface area contributed by atoms with Gasteiger partial charge >= 0.3 is 0 Å². The monoisotopic (exact) mass is 313 g/mol. The smallest absolute Gasteiger partial charge is 0.224 e. The van der Waals surface area contributed by atoms with Crippen LogP contribution in [0.3, 0.4) is 0 Å². The Morgan fingerprint density at radius 1 is 1.23 bits per heavy atom. The third-order valence-corrected chi connectivity index (χ3v) is 3.77. The van der Waals surface area contributed by atoms with Gasteiger partial charge in [-0.2, -0.15) is 0 Å². The summed E-state index contributed by atoms with van der Waals surface area (Å²) in [6.07, 6.45) is 4.05. The number of rotatable bonds is 4. The Kier molecular flexibility index (Phi) is 4.11. The lowest BCUT2D eigenvalue weighted by Crippen LogP contribution is -2.25. The van der Waals surface area contributed by atoms with Crippen LogP contribution in [-0.4, -0.2) is 15.3 Å². The fourth-order valence-corrected chi connectivity index (χ4v) is 2.50. The van der Waals surface area contributed by atoms with E-state index < -0.39 is 0 Å². The number of amides is 1. The lowest BCUT2D eigenvalue weighted by Gasteiger charge is -2.06. The molecule has 0 spiro atoms. The second-order valence-electron chi connectivity index (χ2n) is 5.23. The van der Waals surface area contributed by atoms with Gasteiger partial charge in [0.2, 0.25) is 5.91 Å². The predicted octanol–water partition coefficient (Wildman–Crippen LogP) is 3.16. The van der Waals surface area contributed by atoms with E-state index in [4.69, 9.17) is 11.6 Å². The van der Waals surface area contributed by atoms with E-state index in [1.165, 1.54) is 0 Å². The summed E-state index contributed by atoms with van der Waals surface area (Å²) < 4.78 is 1.85. The molecule has 1 N–H and O–H groups in total. The number of nitrogens with zero attached hydrogens (tertiary/aromatic N) is 2. The molecule has 1 amide bonds. The van der Waals surface area contributed by atoms with Crippen LogP contribution in [0.25, 0.3) is 5.65 Å². The van der Waals surface area contributed by atoms with E-state index in [1.807, 2.05) is 47.9 Å². The molecule has 3 rings (SSSR count). The molecule has 0 aliphatic heterocycles. The molecule has 22 heavy (non-hydrogen) atoms. The first kappa shape index (κ1) is 14.6. The largest absolute Gasteiger partial charge is 0.350 e. The second-order valence-corrected chi connectivity index (χ2v) is 5.66. The minimum Gasteiger partial charge on any atom is -0.350 e. The number of nitrogens with one attached hydrogen (secondary N) is 1. The Morgan fingerprint density at radius 3 is 2.86 bits per heavy atom. The molecule has 1 aromatic carbocycles. The highest BCUT2D eigenvalue weighted by atomic mass is 35.5. The maximum Gasteiger partial charge on any atom is 0.224 e. The standard InChI is InChI=1S/C17H16ClN3O/c1-12-4-2-3-5-13(12)8-17(22)19-9-15-11-21-10-14(18)6-7-16(21)20-15/h2-7,10-11H,8-9H2,1H3,(H,19,22). The molecule has 4 nitrogen and oxygen atoms in total. The molecule has 2 heterocycles. The van der Waals surface area contributed by atoms with Crippen LogP contribution in [0.15, 0.2) is 48.8 Å². The lowest BCUT2D eigenvalue weighted by atomic mass is 10.1. The van der Waals surface area contributed by atoms with Crippen LogP contribution < -0.4 is 5.32 Å². The lowest BCUT2D eigenvalue weighted by molar-refractivity contribution is -0.120. The van der Waals surface area contributed by atoms with E-state index in [0.717, 1.165) is 22.5 Å². The molecule has 0 saturated heterocycles. The molecule has 0 unspecified atom stereocenters. The quantitative estimate of drug-likeness (QED) is 0.804. The summed E-state index contributed by atoms with van der Waals surface area (Å²) in [5.41, 5.74) is 3.79. The number of aryl methyl sites for hydroxylation is 1. The van der Waals surface area contributed by atoms with Crippen LogP contribution in [0, 0.1) is 6.92 Å². The molecule has 3 aromatic rings. The van der Waals surface area contributed by atoms with Gasteiger partial charge < -0.3 is 9.72 Å². The molecule has 0 aliphatic rings. The number of benzene rings is 1. The van der Waals surface area contributed by atoms with Crippen LogP contribution >= 0.6 is 11.6 Å². The highest BCUT2D eigenvalue weighted by Gasteiger charge is 2.07. The summed E-state index contributed by atoms with van der Waals surface area (Å²) in [5.74, 6) is -0.00983. The summed E-state index contributed by atoms with van der Waals surface area (Å²) in [7, 11) is 0. The van der Waals surface area contributed by atoms with Crippen molar-refractivity contribution in [3.8, 4) is 0 Å². The van der Waals surface area contributed by atoms with Gasteiger partial charge in [0, 0.05) is 12.4 Å². The third kappa shape index (κ3) is 3.28. The Morgan fingerprint density at radius 2 is 2.05 bits per heavy atom. The van der Waals surface area contributed by atoms with Gasteiger partial charge in [-0.25, -0.2) is 4.98 Å². The normalized spacial score (nSPS) is 10.8. The van der Waals surface area contributed by atoms with E-state index in [9.17, 15) is 4.79 Å². The first-order valence-corrected chi connectivity index (χ1v) is 7.44. The van der Waals surface area contributed by atoms with Crippen molar-refractivity contribution < 1.29 is 4.79 Å². The van der Waals surface area contributed by atoms with Crippen LogP contribution in [0.1, 0.15) is 16.8 Å². The topological polar surface area (TPSA) is 46.4 Å². The fourth-order valence-electron chi connectivity index (χ4n) is 2.34. The van der Waals surface area contributed by atoms with Crippen LogP contribution in [0.4, 0.5) is 0 Å². The first-order chi connectivity index (χ1) is 10.6. The van der Waals surface area contributed by atoms with Crippen molar-refractivity contribution in [1.82, 2.24) is 14.7 Å². The Labute approximate surface area is 133 Å². The number of hydrogen-bond acceptors (Lipinski definition) is 2. The van der Waals surface area contributed by atoms with Crippen molar-refractivity contribution in [2.24, 2.45) is 0 Å². The Hall–Kier alpha value is -2.33. The van der Waals surface area contributed by atoms with E-state index in [1.54, 1.807) is 12.3 Å². The van der Waals surface area contributed by atoms with Crippen LogP contribution in [-0.2, 0) is 17.8 Å². The molecule has 0 saturated carbocycles. The molecular formula is C17H16ClN3O. The van der Waals surface area contributed by atoms with Crippen molar-refractivity contribution in [2.75, 3.05) is 0 Å². The molecule has 5 heteroatoms. The minimum atomic E-state index is -0.00983. The SMILES string of the molecule is Cc1ccccc1CC(=O)NCc1cn2cc(Cl)ccc2n1. The average Bonchev–Trinajstić information content (AvgIpc) is 2.89. The van der Waals surface area contributed by atoms with E-state index >= 15 is 0 Å². The molecular weight excluding hydrogens is 298 g/mol. The van der Waals surface area contributed by atoms with E-state index in [-0.39, 0.29) is 5.91 Å². The fraction of sp³-hybridized carbons (Fsp3) is 0.176. The average molecular weight is 314 g/mol. The number of imidazole rings is 1. The number of halogens is 1. The number of carbonyl (C=O) groups is 1. The maximum absolute atomic E-state index is 12.0. The summed E-state index contributed by atoms with van der Waals surface area (Å²) in [4.78, 5) is 16.5. The summed E-state index contributed by atoms with van der Waals surface area (Å²) >= 11 is 5.94. The number of carbonyl (C=O) groups excluding carboxylic acids is 1. The van der Waals surface area contributed by atoms with Crippen LogP contribution in [0.2, 0.25) is 5.02 Å². The van der Waals surface area contributed by atoms with E-state index in [2.05, 4.69) is 10.3 Å². The van der Waals surface area contributed by atoms with Gasteiger partial charge in [-0.3, -0.25) is 4.79 Å². The number of hydrogen-bond donors (Lipinski definition) is 1. The van der Waals surface area contributed by atoms with Gasteiger partial charge in [0.15, 0.2) is 0 Å². The molecule has 0 bridgehead atoms.